The number of ether oxygens (including phenoxy) is 1. The number of carbonyl (C=O) groups excluding carboxylic acids is 1. The number of rotatable bonds is 4. The van der Waals surface area contributed by atoms with Gasteiger partial charge in [-0.05, 0) is 24.9 Å². The van der Waals surface area contributed by atoms with Crippen LogP contribution in [-0.4, -0.2) is 30.1 Å². The van der Waals surface area contributed by atoms with Crippen LogP contribution in [0.1, 0.15) is 76.2 Å². The lowest BCUT2D eigenvalue weighted by Gasteiger charge is -2.27. The van der Waals surface area contributed by atoms with Gasteiger partial charge in [0.15, 0.2) is 0 Å². The summed E-state index contributed by atoms with van der Waals surface area (Å²) in [6.45, 7) is 6.61. The van der Waals surface area contributed by atoms with Crippen molar-refractivity contribution in [1.29, 1.82) is 0 Å². The van der Waals surface area contributed by atoms with Crippen molar-refractivity contribution in [3.05, 3.63) is 48.6 Å². The Bertz CT molecular complexity index is 528. The molecule has 2 rings (SSSR count). The van der Waals surface area contributed by atoms with E-state index in [1.165, 1.54) is 50.5 Å². The molecule has 1 aromatic carbocycles. The summed E-state index contributed by atoms with van der Waals surface area (Å²) in [4.78, 5) is 14.7. The molecule has 1 aromatic rings. The number of carbonyl (C=O) groups is 1. The molecule has 1 atom stereocenters. The van der Waals surface area contributed by atoms with Crippen molar-refractivity contribution < 1.29 is 9.53 Å². The summed E-state index contributed by atoms with van der Waals surface area (Å²) in [6.07, 6.45) is 14.2. The molecule has 27 heavy (non-hydrogen) atoms. The first kappa shape index (κ1) is 21.7. The number of nitrogens with zero attached hydrogens (tertiary/aromatic N) is 1. The predicted octanol–water partition coefficient (Wildman–Crippen LogP) is 5.89. The molecule has 1 heterocycles. The molecule has 0 N–H and O–H groups in total. The lowest BCUT2D eigenvalue weighted by Crippen LogP contribution is -2.35. The van der Waals surface area contributed by atoms with Gasteiger partial charge < -0.3 is 4.74 Å². The number of hydrogen-bond donors (Lipinski definition) is 0. The number of cyclic esters (lactones) is 1. The van der Waals surface area contributed by atoms with Crippen LogP contribution in [0.4, 0.5) is 0 Å². The third-order valence-electron chi connectivity index (χ3n) is 5.29. The van der Waals surface area contributed by atoms with E-state index in [-0.39, 0.29) is 12.1 Å². The minimum atomic E-state index is -0.0911. The van der Waals surface area contributed by atoms with E-state index in [9.17, 15) is 4.79 Å². The van der Waals surface area contributed by atoms with Crippen molar-refractivity contribution in [2.75, 3.05) is 13.1 Å². The smallest absolute Gasteiger partial charge is 0.306 e. The molecule has 1 aliphatic rings. The Kier molecular flexibility index (Phi) is 10.9. The summed E-state index contributed by atoms with van der Waals surface area (Å²) in [5.74, 6) is -0.0476. The first-order valence-corrected chi connectivity index (χ1v) is 10.8. The van der Waals surface area contributed by atoms with Gasteiger partial charge in [-0.1, -0.05) is 81.4 Å². The van der Waals surface area contributed by atoms with Crippen LogP contribution in [0.25, 0.3) is 0 Å². The van der Waals surface area contributed by atoms with E-state index >= 15 is 0 Å². The van der Waals surface area contributed by atoms with E-state index in [1.807, 2.05) is 6.08 Å². The average Bonchev–Trinajstić information content (AvgIpc) is 2.66. The van der Waals surface area contributed by atoms with E-state index in [1.54, 1.807) is 0 Å². The average molecular weight is 372 g/mol. The highest BCUT2D eigenvalue weighted by Gasteiger charge is 2.18. The minimum Gasteiger partial charge on any atom is -0.461 e. The third kappa shape index (κ3) is 9.76. The molecule has 1 unspecified atom stereocenters. The van der Waals surface area contributed by atoms with E-state index in [2.05, 4.69) is 41.8 Å². The lowest BCUT2D eigenvalue weighted by molar-refractivity contribution is -0.150. The number of esters is 1. The van der Waals surface area contributed by atoms with Crippen LogP contribution < -0.4 is 0 Å². The van der Waals surface area contributed by atoms with E-state index in [0.29, 0.717) is 6.42 Å². The molecule has 1 fully saturated rings. The number of hydrogen-bond acceptors (Lipinski definition) is 3. The Labute approximate surface area is 165 Å². The van der Waals surface area contributed by atoms with E-state index < -0.39 is 0 Å². The summed E-state index contributed by atoms with van der Waals surface area (Å²) in [5, 5.41) is 0. The second-order valence-electron chi connectivity index (χ2n) is 7.79. The lowest BCUT2D eigenvalue weighted by atomic mass is 10.1. The zero-order valence-electron chi connectivity index (χ0n) is 16.9. The molecule has 3 heteroatoms. The van der Waals surface area contributed by atoms with Gasteiger partial charge in [0.2, 0.25) is 0 Å². The quantitative estimate of drug-likeness (QED) is 0.488. The third-order valence-corrected chi connectivity index (χ3v) is 5.29. The van der Waals surface area contributed by atoms with Gasteiger partial charge >= 0.3 is 5.97 Å². The van der Waals surface area contributed by atoms with E-state index in [0.717, 1.165) is 38.9 Å². The van der Waals surface area contributed by atoms with Crippen LogP contribution in [0, 0.1) is 0 Å². The standard InChI is InChI=1S/C24H37NO2/c1-2-15-23-21-25(20-22-16-11-10-12-17-22)19-14-9-7-5-3-4-6-8-13-18-24(26)27-23/h2,10-12,16-17,23H,1,3-9,13-15,18-21H2. The molecule has 1 aliphatic heterocycles. The van der Waals surface area contributed by atoms with Gasteiger partial charge in [-0.2, -0.15) is 0 Å². The molecular weight excluding hydrogens is 334 g/mol. The second-order valence-corrected chi connectivity index (χ2v) is 7.79. The number of benzene rings is 1. The molecule has 0 bridgehead atoms. The molecule has 3 nitrogen and oxygen atoms in total. The largest absolute Gasteiger partial charge is 0.461 e. The maximum absolute atomic E-state index is 12.3. The van der Waals surface area contributed by atoms with Gasteiger partial charge in [-0.25, -0.2) is 0 Å². The van der Waals surface area contributed by atoms with Crippen molar-refractivity contribution in [2.24, 2.45) is 0 Å². The van der Waals surface area contributed by atoms with Gasteiger partial charge in [-0.3, -0.25) is 9.69 Å². The summed E-state index contributed by atoms with van der Waals surface area (Å²) in [5.41, 5.74) is 1.32. The van der Waals surface area contributed by atoms with Crippen LogP contribution in [0.15, 0.2) is 43.0 Å². The zero-order chi connectivity index (χ0) is 19.2. The van der Waals surface area contributed by atoms with Crippen molar-refractivity contribution in [3.8, 4) is 0 Å². The van der Waals surface area contributed by atoms with E-state index in [4.69, 9.17) is 4.74 Å². The Balaban J connectivity index is 1.99. The summed E-state index contributed by atoms with van der Waals surface area (Å²) < 4.78 is 5.81. The van der Waals surface area contributed by atoms with Crippen LogP contribution in [0.2, 0.25) is 0 Å². The van der Waals surface area contributed by atoms with Crippen molar-refractivity contribution in [2.45, 2.75) is 83.3 Å². The molecule has 0 amide bonds. The molecule has 0 radical (unpaired) electrons. The van der Waals surface area contributed by atoms with Crippen molar-refractivity contribution in [1.82, 2.24) is 4.90 Å². The topological polar surface area (TPSA) is 29.5 Å². The maximum atomic E-state index is 12.3. The van der Waals surface area contributed by atoms with Gasteiger partial charge in [0.25, 0.3) is 0 Å². The highest BCUT2D eigenvalue weighted by atomic mass is 16.5. The van der Waals surface area contributed by atoms with Crippen LogP contribution >= 0.6 is 0 Å². The molecule has 0 saturated carbocycles. The highest BCUT2D eigenvalue weighted by Crippen LogP contribution is 2.15. The van der Waals surface area contributed by atoms with Crippen LogP contribution in [0.3, 0.4) is 0 Å². The van der Waals surface area contributed by atoms with Crippen LogP contribution in [0.5, 0.6) is 0 Å². The first-order chi connectivity index (χ1) is 13.3. The fourth-order valence-corrected chi connectivity index (χ4v) is 3.80. The summed E-state index contributed by atoms with van der Waals surface area (Å²) in [6, 6.07) is 10.6. The molecular formula is C24H37NO2. The zero-order valence-corrected chi connectivity index (χ0v) is 16.9. The fraction of sp³-hybridized carbons (Fsp3) is 0.625. The molecule has 0 spiro atoms. The Morgan fingerprint density at radius 2 is 1.59 bits per heavy atom. The predicted molar refractivity (Wildman–Crippen MR) is 113 cm³/mol. The highest BCUT2D eigenvalue weighted by molar-refractivity contribution is 5.69. The van der Waals surface area contributed by atoms with Gasteiger partial charge in [0.1, 0.15) is 6.10 Å². The van der Waals surface area contributed by atoms with Gasteiger partial charge in [-0.15, -0.1) is 6.58 Å². The van der Waals surface area contributed by atoms with Gasteiger partial charge in [0.05, 0.1) is 0 Å². The van der Waals surface area contributed by atoms with Crippen LogP contribution in [-0.2, 0) is 16.1 Å². The SMILES string of the molecule is C=CCC1CN(Cc2ccccc2)CCCCCCCCCCCC(=O)O1. The first-order valence-electron chi connectivity index (χ1n) is 10.8. The summed E-state index contributed by atoms with van der Waals surface area (Å²) >= 11 is 0. The summed E-state index contributed by atoms with van der Waals surface area (Å²) in [7, 11) is 0. The maximum Gasteiger partial charge on any atom is 0.306 e. The molecule has 1 saturated heterocycles. The minimum absolute atomic E-state index is 0.0476. The molecule has 150 valence electrons. The van der Waals surface area contributed by atoms with Gasteiger partial charge in [0, 0.05) is 25.9 Å². The second kappa shape index (κ2) is 13.5. The Morgan fingerprint density at radius 1 is 0.963 bits per heavy atom. The fourth-order valence-electron chi connectivity index (χ4n) is 3.80. The molecule has 0 aromatic heterocycles. The molecule has 0 aliphatic carbocycles. The normalized spacial score (nSPS) is 22.1. The Hall–Kier alpha value is -1.61. The Morgan fingerprint density at radius 3 is 2.26 bits per heavy atom. The monoisotopic (exact) mass is 371 g/mol. The van der Waals surface area contributed by atoms with Crippen molar-refractivity contribution >= 4 is 5.97 Å². The van der Waals surface area contributed by atoms with Crippen molar-refractivity contribution in [3.63, 3.8) is 0 Å².